The molecule has 9 heteroatoms. The average molecular weight is 317 g/mol. The molecule has 2 aromatic heterocycles. The van der Waals surface area contributed by atoms with Gasteiger partial charge in [-0.25, -0.2) is 9.97 Å². The number of aromatic nitrogens is 5. The van der Waals surface area contributed by atoms with Crippen molar-refractivity contribution in [2.24, 2.45) is 0 Å². The summed E-state index contributed by atoms with van der Waals surface area (Å²) < 4.78 is 10.2. The summed E-state index contributed by atoms with van der Waals surface area (Å²) in [5, 5.41) is 3.41. The van der Waals surface area contributed by atoms with E-state index in [1.54, 1.807) is 6.33 Å². The molecule has 0 amide bonds. The first kappa shape index (κ1) is 15.2. The van der Waals surface area contributed by atoms with Crippen molar-refractivity contribution < 1.29 is 9.47 Å². The van der Waals surface area contributed by atoms with Crippen LogP contribution in [0.1, 0.15) is 12.1 Å². The Morgan fingerprint density at radius 2 is 1.87 bits per heavy atom. The summed E-state index contributed by atoms with van der Waals surface area (Å²) in [5.41, 5.74) is 0.935. The maximum atomic E-state index is 5.09. The number of rotatable bonds is 5. The van der Waals surface area contributed by atoms with Gasteiger partial charge in [0.25, 0.3) is 0 Å². The number of hydrogen-bond donors (Lipinski definition) is 1. The zero-order valence-electron chi connectivity index (χ0n) is 13.4. The van der Waals surface area contributed by atoms with Crippen LogP contribution in [-0.2, 0) is 0 Å². The van der Waals surface area contributed by atoms with Crippen LogP contribution >= 0.6 is 0 Å². The van der Waals surface area contributed by atoms with E-state index < -0.39 is 0 Å². The zero-order valence-corrected chi connectivity index (χ0v) is 13.4. The number of nitrogens with one attached hydrogen (secondary N) is 1. The van der Waals surface area contributed by atoms with Gasteiger partial charge in [-0.2, -0.15) is 9.97 Å². The molecule has 3 rings (SSSR count). The van der Waals surface area contributed by atoms with E-state index in [0.717, 1.165) is 31.0 Å². The standard InChI is InChI=1S/C14H19N7O2/c1-9-6-11(16-8-15-9)17-10-4-5-21(7-10)12-18-13(22-2)20-14(19-12)23-3/h6,8,10H,4-5,7H2,1-3H3,(H,15,16,17). The SMILES string of the molecule is COc1nc(OC)nc(N2CCC(Nc3cc(C)ncn3)C2)n1. The molecular formula is C14H19N7O2. The Morgan fingerprint density at radius 3 is 2.52 bits per heavy atom. The number of methoxy groups -OCH3 is 2. The van der Waals surface area contributed by atoms with E-state index in [4.69, 9.17) is 9.47 Å². The minimum absolute atomic E-state index is 0.245. The lowest BCUT2D eigenvalue weighted by molar-refractivity contribution is 0.340. The molecule has 1 unspecified atom stereocenters. The molecule has 1 aliphatic rings. The van der Waals surface area contributed by atoms with Gasteiger partial charge in [0.2, 0.25) is 5.95 Å². The van der Waals surface area contributed by atoms with Crippen molar-refractivity contribution in [2.45, 2.75) is 19.4 Å². The first-order valence-electron chi connectivity index (χ1n) is 7.32. The normalized spacial score (nSPS) is 17.2. The molecule has 0 spiro atoms. The summed E-state index contributed by atoms with van der Waals surface area (Å²) in [5.74, 6) is 1.38. The number of hydrogen-bond acceptors (Lipinski definition) is 9. The summed E-state index contributed by atoms with van der Waals surface area (Å²) in [6, 6.07) is 2.68. The topological polar surface area (TPSA) is 98.2 Å². The van der Waals surface area contributed by atoms with Gasteiger partial charge in [-0.3, -0.25) is 0 Å². The molecule has 0 aromatic carbocycles. The summed E-state index contributed by atoms with van der Waals surface area (Å²) in [6.07, 6.45) is 2.52. The highest BCUT2D eigenvalue weighted by Gasteiger charge is 2.26. The minimum Gasteiger partial charge on any atom is -0.467 e. The highest BCUT2D eigenvalue weighted by atomic mass is 16.5. The Bertz CT molecular complexity index is 660. The number of aryl methyl sites for hydroxylation is 1. The molecule has 0 bridgehead atoms. The van der Waals surface area contributed by atoms with Crippen LogP contribution in [0, 0.1) is 6.92 Å². The third-order valence-corrected chi connectivity index (χ3v) is 3.57. The first-order valence-corrected chi connectivity index (χ1v) is 7.32. The van der Waals surface area contributed by atoms with Gasteiger partial charge in [0.05, 0.1) is 14.2 Å². The van der Waals surface area contributed by atoms with Crippen molar-refractivity contribution in [3.05, 3.63) is 18.1 Å². The van der Waals surface area contributed by atoms with Crippen molar-refractivity contribution in [3.63, 3.8) is 0 Å². The number of anilines is 2. The van der Waals surface area contributed by atoms with Gasteiger partial charge in [-0.05, 0) is 13.3 Å². The quantitative estimate of drug-likeness (QED) is 0.853. The first-order chi connectivity index (χ1) is 11.2. The number of nitrogens with zero attached hydrogens (tertiary/aromatic N) is 6. The summed E-state index contributed by atoms with van der Waals surface area (Å²) in [6.45, 7) is 3.54. The lowest BCUT2D eigenvalue weighted by atomic mass is 10.2. The van der Waals surface area contributed by atoms with Crippen molar-refractivity contribution in [1.29, 1.82) is 0 Å². The fourth-order valence-corrected chi connectivity index (χ4v) is 2.45. The molecule has 0 saturated carbocycles. The van der Waals surface area contributed by atoms with E-state index in [1.165, 1.54) is 14.2 Å². The van der Waals surface area contributed by atoms with Crippen LogP contribution in [0.25, 0.3) is 0 Å². The molecule has 2 aromatic rings. The largest absolute Gasteiger partial charge is 0.467 e. The summed E-state index contributed by atoms with van der Waals surface area (Å²) in [7, 11) is 3.04. The molecule has 3 heterocycles. The molecule has 0 radical (unpaired) electrons. The summed E-state index contributed by atoms with van der Waals surface area (Å²) >= 11 is 0. The van der Waals surface area contributed by atoms with E-state index in [-0.39, 0.29) is 18.1 Å². The molecule has 1 aliphatic heterocycles. The van der Waals surface area contributed by atoms with Crippen molar-refractivity contribution in [2.75, 3.05) is 37.5 Å². The zero-order chi connectivity index (χ0) is 16.2. The average Bonchev–Trinajstić information content (AvgIpc) is 3.03. The van der Waals surface area contributed by atoms with E-state index in [9.17, 15) is 0 Å². The highest BCUT2D eigenvalue weighted by molar-refractivity contribution is 5.40. The second kappa shape index (κ2) is 6.59. The second-order valence-corrected chi connectivity index (χ2v) is 5.23. The predicted molar refractivity (Wildman–Crippen MR) is 83.9 cm³/mol. The van der Waals surface area contributed by atoms with E-state index in [1.807, 2.05) is 13.0 Å². The molecule has 1 atom stereocenters. The van der Waals surface area contributed by atoms with Crippen LogP contribution in [-0.4, -0.2) is 58.3 Å². The van der Waals surface area contributed by atoms with Gasteiger partial charge in [0.1, 0.15) is 12.1 Å². The van der Waals surface area contributed by atoms with E-state index in [0.29, 0.717) is 5.95 Å². The molecule has 1 saturated heterocycles. The molecule has 1 N–H and O–H groups in total. The van der Waals surface area contributed by atoms with Gasteiger partial charge in [0.15, 0.2) is 0 Å². The maximum Gasteiger partial charge on any atom is 0.324 e. The fourth-order valence-electron chi connectivity index (χ4n) is 2.45. The maximum absolute atomic E-state index is 5.09. The Morgan fingerprint density at radius 1 is 1.13 bits per heavy atom. The minimum atomic E-state index is 0.245. The Balaban J connectivity index is 1.70. The van der Waals surface area contributed by atoms with Crippen LogP contribution < -0.4 is 19.7 Å². The Hall–Kier alpha value is -2.71. The Labute approximate surface area is 134 Å². The van der Waals surface area contributed by atoms with Gasteiger partial charge >= 0.3 is 12.0 Å². The lowest BCUT2D eigenvalue weighted by Crippen LogP contribution is -2.27. The monoisotopic (exact) mass is 317 g/mol. The Kier molecular flexibility index (Phi) is 4.35. The van der Waals surface area contributed by atoms with Crippen LogP contribution in [0.15, 0.2) is 12.4 Å². The number of ether oxygens (including phenoxy) is 2. The molecule has 0 aliphatic carbocycles. The summed E-state index contributed by atoms with van der Waals surface area (Å²) in [4.78, 5) is 23.0. The second-order valence-electron chi connectivity index (χ2n) is 5.23. The lowest BCUT2D eigenvalue weighted by Gasteiger charge is -2.17. The van der Waals surface area contributed by atoms with Gasteiger partial charge in [0, 0.05) is 30.9 Å². The van der Waals surface area contributed by atoms with Gasteiger partial charge in [-0.15, -0.1) is 4.98 Å². The fraction of sp³-hybridized carbons (Fsp3) is 0.500. The molecule has 122 valence electrons. The van der Waals surface area contributed by atoms with Crippen LogP contribution in [0.2, 0.25) is 0 Å². The van der Waals surface area contributed by atoms with Crippen molar-refractivity contribution in [3.8, 4) is 12.0 Å². The van der Waals surface area contributed by atoms with Gasteiger partial charge in [-0.1, -0.05) is 0 Å². The van der Waals surface area contributed by atoms with E-state index in [2.05, 4.69) is 35.1 Å². The third-order valence-electron chi connectivity index (χ3n) is 3.57. The third kappa shape index (κ3) is 3.55. The highest BCUT2D eigenvalue weighted by Crippen LogP contribution is 2.22. The smallest absolute Gasteiger partial charge is 0.324 e. The van der Waals surface area contributed by atoms with E-state index >= 15 is 0 Å². The van der Waals surface area contributed by atoms with Crippen LogP contribution in [0.5, 0.6) is 12.0 Å². The molecular weight excluding hydrogens is 298 g/mol. The predicted octanol–water partition coefficient (Wildman–Crippen LogP) is 0.678. The molecule has 23 heavy (non-hydrogen) atoms. The molecule has 9 nitrogen and oxygen atoms in total. The van der Waals surface area contributed by atoms with Crippen molar-refractivity contribution in [1.82, 2.24) is 24.9 Å². The van der Waals surface area contributed by atoms with Crippen LogP contribution in [0.3, 0.4) is 0 Å². The van der Waals surface area contributed by atoms with Crippen LogP contribution in [0.4, 0.5) is 11.8 Å². The molecule has 1 fully saturated rings. The van der Waals surface area contributed by atoms with Gasteiger partial charge < -0.3 is 19.7 Å². The van der Waals surface area contributed by atoms with Crippen molar-refractivity contribution >= 4 is 11.8 Å².